The van der Waals surface area contributed by atoms with Crippen molar-refractivity contribution in [3.8, 4) is 11.1 Å². The lowest BCUT2D eigenvalue weighted by Crippen LogP contribution is -2.49. The molecule has 6 nitrogen and oxygen atoms in total. The first kappa shape index (κ1) is 24.9. The van der Waals surface area contributed by atoms with Crippen molar-refractivity contribution in [2.24, 2.45) is 0 Å². The molecule has 1 aromatic heterocycles. The largest absolute Gasteiger partial charge is 0.354 e. The molecule has 4 rings (SSSR count). The molecule has 1 aliphatic heterocycles. The van der Waals surface area contributed by atoms with Crippen molar-refractivity contribution >= 4 is 40.7 Å². The second-order valence-corrected chi connectivity index (χ2v) is 9.66. The molecular formula is C21H30Cl2N4O2S. The first-order valence-electron chi connectivity index (χ1n) is 10.0. The predicted molar refractivity (Wildman–Crippen MR) is 126 cm³/mol. The van der Waals surface area contributed by atoms with E-state index in [1.165, 1.54) is 0 Å². The average Bonchev–Trinajstić information content (AvgIpc) is 3.52. The van der Waals surface area contributed by atoms with E-state index in [0.717, 1.165) is 56.0 Å². The fourth-order valence-electron chi connectivity index (χ4n) is 3.53. The zero-order valence-corrected chi connectivity index (χ0v) is 19.8. The van der Waals surface area contributed by atoms with Crippen LogP contribution in [-0.2, 0) is 10.0 Å². The van der Waals surface area contributed by atoms with E-state index in [2.05, 4.69) is 45.5 Å². The van der Waals surface area contributed by atoms with Gasteiger partial charge < -0.3 is 4.90 Å². The molecule has 1 saturated heterocycles. The van der Waals surface area contributed by atoms with Gasteiger partial charge in [0, 0.05) is 50.0 Å². The van der Waals surface area contributed by atoms with E-state index >= 15 is 0 Å². The molecule has 9 heteroatoms. The number of aromatic nitrogens is 1. The summed E-state index contributed by atoms with van der Waals surface area (Å²) in [6.45, 7) is 8.58. The number of pyridine rings is 1. The highest BCUT2D eigenvalue weighted by atomic mass is 35.5. The molecule has 0 unspecified atom stereocenters. The summed E-state index contributed by atoms with van der Waals surface area (Å²) in [5.41, 5.74) is 1.96. The van der Waals surface area contributed by atoms with Crippen LogP contribution in [0.3, 0.4) is 0 Å². The lowest BCUT2D eigenvalue weighted by atomic mass is 10.1. The number of hydrogen-bond donors (Lipinski definition) is 1. The monoisotopic (exact) mass is 472 g/mol. The van der Waals surface area contributed by atoms with E-state index in [1.807, 2.05) is 18.3 Å². The molecule has 0 bridgehead atoms. The van der Waals surface area contributed by atoms with Crippen LogP contribution in [0.5, 0.6) is 0 Å². The summed E-state index contributed by atoms with van der Waals surface area (Å²) >= 11 is 0. The standard InChI is InChI=1S/C21H28N4O2S.2ClH/c1-16(2)24-11-13-25(14-12-24)21-10-5-18(15-22-21)17-3-8-20(9-4-17)28(26,27)23-19-6-7-19;;/h3-5,8-10,15-16,19,23H,6-7,11-14H2,1-2H3;2*1H. The van der Waals surface area contributed by atoms with E-state index in [0.29, 0.717) is 10.9 Å². The molecule has 1 saturated carbocycles. The maximum Gasteiger partial charge on any atom is 0.240 e. The van der Waals surface area contributed by atoms with E-state index in [9.17, 15) is 8.42 Å². The molecular weight excluding hydrogens is 443 g/mol. The van der Waals surface area contributed by atoms with Gasteiger partial charge in [0.1, 0.15) is 5.82 Å². The van der Waals surface area contributed by atoms with Crippen molar-refractivity contribution < 1.29 is 8.42 Å². The first-order chi connectivity index (χ1) is 13.4. The van der Waals surface area contributed by atoms with Crippen LogP contribution in [0.1, 0.15) is 26.7 Å². The van der Waals surface area contributed by atoms with Crippen molar-refractivity contribution in [3.05, 3.63) is 42.6 Å². The van der Waals surface area contributed by atoms with Gasteiger partial charge in [0.15, 0.2) is 0 Å². The molecule has 2 heterocycles. The summed E-state index contributed by atoms with van der Waals surface area (Å²) < 4.78 is 27.3. The number of sulfonamides is 1. The maximum absolute atomic E-state index is 12.3. The maximum atomic E-state index is 12.3. The van der Waals surface area contributed by atoms with Crippen LogP contribution in [0.2, 0.25) is 0 Å². The Kier molecular flexibility index (Phi) is 8.53. The molecule has 2 aromatic rings. The highest BCUT2D eigenvalue weighted by Crippen LogP contribution is 2.25. The summed E-state index contributed by atoms with van der Waals surface area (Å²) in [4.78, 5) is 9.77. The van der Waals surface area contributed by atoms with Crippen LogP contribution in [0.15, 0.2) is 47.5 Å². The van der Waals surface area contributed by atoms with Crippen LogP contribution >= 0.6 is 24.8 Å². The number of nitrogens with zero attached hydrogens (tertiary/aromatic N) is 3. The van der Waals surface area contributed by atoms with Gasteiger partial charge in [0.05, 0.1) is 4.90 Å². The second kappa shape index (κ2) is 10.3. The van der Waals surface area contributed by atoms with Crippen LogP contribution in [0, 0.1) is 0 Å². The Hall–Kier alpha value is -1.38. The van der Waals surface area contributed by atoms with E-state index < -0.39 is 10.0 Å². The summed E-state index contributed by atoms with van der Waals surface area (Å²) in [7, 11) is -3.40. The summed E-state index contributed by atoms with van der Waals surface area (Å²) in [5, 5.41) is 0. The Morgan fingerprint density at radius 3 is 2.03 bits per heavy atom. The Bertz CT molecular complexity index is 909. The quantitative estimate of drug-likeness (QED) is 0.695. The van der Waals surface area contributed by atoms with Crippen molar-refractivity contribution in [3.63, 3.8) is 0 Å². The Balaban J connectivity index is 0.00000160. The van der Waals surface area contributed by atoms with Gasteiger partial charge in [0.2, 0.25) is 10.0 Å². The van der Waals surface area contributed by atoms with Gasteiger partial charge in [-0.1, -0.05) is 12.1 Å². The molecule has 0 spiro atoms. The lowest BCUT2D eigenvalue weighted by molar-refractivity contribution is 0.209. The summed E-state index contributed by atoms with van der Waals surface area (Å²) in [6, 6.07) is 11.8. The van der Waals surface area contributed by atoms with Crippen LogP contribution < -0.4 is 9.62 Å². The van der Waals surface area contributed by atoms with Gasteiger partial charge in [-0.2, -0.15) is 0 Å². The highest BCUT2D eigenvalue weighted by molar-refractivity contribution is 7.89. The Morgan fingerprint density at radius 2 is 1.53 bits per heavy atom. The molecule has 0 atom stereocenters. The molecule has 1 aliphatic carbocycles. The van der Waals surface area contributed by atoms with Gasteiger partial charge >= 0.3 is 0 Å². The minimum absolute atomic E-state index is 0. The first-order valence-corrected chi connectivity index (χ1v) is 11.5. The molecule has 1 N–H and O–H groups in total. The van der Waals surface area contributed by atoms with Crippen molar-refractivity contribution in [1.29, 1.82) is 0 Å². The van der Waals surface area contributed by atoms with Crippen LogP contribution in [0.4, 0.5) is 5.82 Å². The van der Waals surface area contributed by atoms with Gasteiger partial charge in [-0.05, 0) is 56.5 Å². The number of benzene rings is 1. The topological polar surface area (TPSA) is 65.5 Å². The normalized spacial score (nSPS) is 17.4. The SMILES string of the molecule is CC(C)N1CCN(c2ccc(-c3ccc(S(=O)(=O)NC4CC4)cc3)cn2)CC1.Cl.Cl. The Morgan fingerprint density at radius 1 is 0.933 bits per heavy atom. The molecule has 0 radical (unpaired) electrons. The zero-order chi connectivity index (χ0) is 19.7. The number of piperazine rings is 1. The van der Waals surface area contributed by atoms with Crippen molar-refractivity contribution in [2.45, 2.75) is 43.7 Å². The zero-order valence-electron chi connectivity index (χ0n) is 17.3. The molecule has 1 aromatic carbocycles. The minimum Gasteiger partial charge on any atom is -0.354 e. The summed E-state index contributed by atoms with van der Waals surface area (Å²) in [5.74, 6) is 1.000. The average molecular weight is 473 g/mol. The van der Waals surface area contributed by atoms with Crippen molar-refractivity contribution in [1.82, 2.24) is 14.6 Å². The van der Waals surface area contributed by atoms with E-state index in [-0.39, 0.29) is 30.9 Å². The number of hydrogen-bond acceptors (Lipinski definition) is 5. The second-order valence-electron chi connectivity index (χ2n) is 7.94. The number of anilines is 1. The van der Waals surface area contributed by atoms with E-state index in [1.54, 1.807) is 12.1 Å². The van der Waals surface area contributed by atoms with Crippen LogP contribution in [0.25, 0.3) is 11.1 Å². The number of nitrogens with one attached hydrogen (secondary N) is 1. The van der Waals surface area contributed by atoms with Gasteiger partial charge in [-0.25, -0.2) is 18.1 Å². The lowest BCUT2D eigenvalue weighted by Gasteiger charge is -2.37. The number of rotatable bonds is 6. The minimum atomic E-state index is -3.40. The van der Waals surface area contributed by atoms with Crippen LogP contribution in [-0.4, -0.2) is 56.6 Å². The molecule has 0 amide bonds. The smallest absolute Gasteiger partial charge is 0.240 e. The predicted octanol–water partition coefficient (Wildman–Crippen LogP) is 3.56. The fourth-order valence-corrected chi connectivity index (χ4v) is 4.83. The molecule has 30 heavy (non-hydrogen) atoms. The highest BCUT2D eigenvalue weighted by Gasteiger charge is 2.27. The third-order valence-corrected chi connectivity index (χ3v) is 7.05. The molecule has 166 valence electrons. The molecule has 2 fully saturated rings. The Labute approximate surface area is 191 Å². The third-order valence-electron chi connectivity index (χ3n) is 5.51. The third kappa shape index (κ3) is 5.86. The van der Waals surface area contributed by atoms with Gasteiger partial charge in [-0.3, -0.25) is 4.90 Å². The fraction of sp³-hybridized carbons (Fsp3) is 0.476. The van der Waals surface area contributed by atoms with Gasteiger partial charge in [-0.15, -0.1) is 24.8 Å². The number of halogens is 2. The molecule has 2 aliphatic rings. The van der Waals surface area contributed by atoms with Gasteiger partial charge in [0.25, 0.3) is 0 Å². The van der Waals surface area contributed by atoms with Crippen molar-refractivity contribution in [2.75, 3.05) is 31.1 Å². The van der Waals surface area contributed by atoms with E-state index in [4.69, 9.17) is 0 Å². The summed E-state index contributed by atoms with van der Waals surface area (Å²) in [6.07, 6.45) is 3.74.